The normalized spacial score (nSPS) is 22.0. The molecule has 1 aliphatic rings. The molecule has 2 amide bonds. The van der Waals surface area contributed by atoms with Gasteiger partial charge in [0, 0.05) is 19.4 Å². The van der Waals surface area contributed by atoms with Crippen molar-refractivity contribution in [1.29, 1.82) is 0 Å². The Bertz CT molecular complexity index is 501. The third-order valence-electron chi connectivity index (χ3n) is 3.17. The van der Waals surface area contributed by atoms with Gasteiger partial charge in [0.05, 0.1) is 18.8 Å². The monoisotopic (exact) mass is 283 g/mol. The van der Waals surface area contributed by atoms with E-state index in [9.17, 15) is 14.7 Å². The van der Waals surface area contributed by atoms with Crippen LogP contribution in [0.3, 0.4) is 0 Å². The lowest BCUT2D eigenvalue weighted by Crippen LogP contribution is -2.46. The molecule has 1 saturated heterocycles. The maximum absolute atomic E-state index is 11.9. The SMILES string of the molecule is CCc1cnc(CNC(=O)N2CC(O)CC2C(=O)O)o1. The van der Waals surface area contributed by atoms with Crippen LogP contribution in [-0.2, 0) is 17.8 Å². The molecule has 20 heavy (non-hydrogen) atoms. The summed E-state index contributed by atoms with van der Waals surface area (Å²) >= 11 is 0. The number of aromatic nitrogens is 1. The van der Waals surface area contributed by atoms with Crippen LogP contribution in [0.5, 0.6) is 0 Å². The van der Waals surface area contributed by atoms with Gasteiger partial charge in [-0.25, -0.2) is 14.6 Å². The van der Waals surface area contributed by atoms with Crippen molar-refractivity contribution >= 4 is 12.0 Å². The van der Waals surface area contributed by atoms with Gasteiger partial charge in [0.15, 0.2) is 0 Å². The number of aliphatic hydroxyl groups is 1. The fraction of sp³-hybridized carbons (Fsp3) is 0.583. The zero-order valence-corrected chi connectivity index (χ0v) is 11.1. The number of β-amino-alcohol motifs (C(OH)–C–C–N with tert-alkyl or cyclic N) is 1. The number of urea groups is 1. The molecule has 8 nitrogen and oxygen atoms in total. The highest BCUT2D eigenvalue weighted by Crippen LogP contribution is 2.18. The first-order chi connectivity index (χ1) is 9.51. The summed E-state index contributed by atoms with van der Waals surface area (Å²) in [5.41, 5.74) is 0. The summed E-state index contributed by atoms with van der Waals surface area (Å²) in [4.78, 5) is 28.0. The molecule has 0 bridgehead atoms. The summed E-state index contributed by atoms with van der Waals surface area (Å²) in [6.45, 7) is 2.01. The Labute approximate surface area is 115 Å². The van der Waals surface area contributed by atoms with Crippen LogP contribution in [0.4, 0.5) is 4.79 Å². The Balaban J connectivity index is 1.92. The lowest BCUT2D eigenvalue weighted by Gasteiger charge is -2.21. The predicted octanol–water partition coefficient (Wildman–Crippen LogP) is -0.0336. The minimum Gasteiger partial charge on any atom is -0.480 e. The fourth-order valence-electron chi connectivity index (χ4n) is 2.12. The van der Waals surface area contributed by atoms with E-state index in [1.807, 2.05) is 6.92 Å². The number of aliphatic carboxylic acids is 1. The quantitative estimate of drug-likeness (QED) is 0.714. The van der Waals surface area contributed by atoms with Crippen molar-refractivity contribution in [1.82, 2.24) is 15.2 Å². The highest BCUT2D eigenvalue weighted by Gasteiger charge is 2.38. The molecule has 0 aromatic carbocycles. The molecule has 0 aliphatic carbocycles. The van der Waals surface area contributed by atoms with Crippen molar-refractivity contribution in [2.45, 2.75) is 38.5 Å². The van der Waals surface area contributed by atoms with E-state index in [4.69, 9.17) is 9.52 Å². The smallest absolute Gasteiger partial charge is 0.326 e. The Hall–Kier alpha value is -2.09. The number of carbonyl (C=O) groups is 2. The number of nitrogens with one attached hydrogen (secondary N) is 1. The standard InChI is InChI=1S/C12H17N3O5/c1-2-8-4-13-10(20-8)5-14-12(19)15-6-7(16)3-9(15)11(17)18/h4,7,9,16H,2-3,5-6H2,1H3,(H,14,19)(H,17,18). The number of rotatable bonds is 4. The van der Waals surface area contributed by atoms with E-state index in [0.29, 0.717) is 18.1 Å². The number of aliphatic hydroxyl groups excluding tert-OH is 1. The molecule has 8 heteroatoms. The number of nitrogens with zero attached hydrogens (tertiary/aromatic N) is 2. The van der Waals surface area contributed by atoms with Gasteiger partial charge in [-0.2, -0.15) is 0 Å². The Kier molecular flexibility index (Phi) is 4.23. The summed E-state index contributed by atoms with van der Waals surface area (Å²) in [5, 5.41) is 21.0. The number of likely N-dealkylation sites (tertiary alicyclic amines) is 1. The van der Waals surface area contributed by atoms with Crippen LogP contribution in [-0.4, -0.2) is 50.8 Å². The van der Waals surface area contributed by atoms with Crippen molar-refractivity contribution in [2.24, 2.45) is 0 Å². The van der Waals surface area contributed by atoms with Gasteiger partial charge in [-0.3, -0.25) is 0 Å². The zero-order chi connectivity index (χ0) is 14.7. The number of amides is 2. The molecule has 2 heterocycles. The third kappa shape index (κ3) is 3.08. The second kappa shape index (κ2) is 5.91. The third-order valence-corrected chi connectivity index (χ3v) is 3.17. The second-order valence-corrected chi connectivity index (χ2v) is 4.63. The van der Waals surface area contributed by atoms with Crippen LogP contribution < -0.4 is 5.32 Å². The van der Waals surface area contributed by atoms with Gasteiger partial charge >= 0.3 is 12.0 Å². The zero-order valence-electron chi connectivity index (χ0n) is 11.1. The molecule has 0 spiro atoms. The molecule has 1 aliphatic heterocycles. The van der Waals surface area contributed by atoms with Crippen LogP contribution in [0, 0.1) is 0 Å². The molecule has 0 saturated carbocycles. The average Bonchev–Trinajstić information content (AvgIpc) is 3.02. The van der Waals surface area contributed by atoms with Crippen LogP contribution in [0.2, 0.25) is 0 Å². The Morgan fingerprint density at radius 3 is 2.95 bits per heavy atom. The summed E-state index contributed by atoms with van der Waals surface area (Å²) in [6.07, 6.45) is 1.53. The topological polar surface area (TPSA) is 116 Å². The van der Waals surface area contributed by atoms with Crippen molar-refractivity contribution in [3.8, 4) is 0 Å². The molecular formula is C12H17N3O5. The molecule has 3 N–H and O–H groups in total. The van der Waals surface area contributed by atoms with Gasteiger partial charge in [0.1, 0.15) is 11.8 Å². The number of carbonyl (C=O) groups excluding carboxylic acids is 1. The highest BCUT2D eigenvalue weighted by molar-refractivity contribution is 5.83. The molecule has 1 aromatic rings. The van der Waals surface area contributed by atoms with Crippen molar-refractivity contribution in [2.75, 3.05) is 6.54 Å². The molecular weight excluding hydrogens is 266 g/mol. The van der Waals surface area contributed by atoms with E-state index >= 15 is 0 Å². The van der Waals surface area contributed by atoms with E-state index in [1.54, 1.807) is 6.20 Å². The first-order valence-electron chi connectivity index (χ1n) is 6.40. The Morgan fingerprint density at radius 1 is 1.60 bits per heavy atom. The first-order valence-corrected chi connectivity index (χ1v) is 6.40. The van der Waals surface area contributed by atoms with E-state index in [-0.39, 0.29) is 19.5 Å². The van der Waals surface area contributed by atoms with E-state index < -0.39 is 24.1 Å². The van der Waals surface area contributed by atoms with Crippen LogP contribution in [0.15, 0.2) is 10.6 Å². The number of hydrogen-bond donors (Lipinski definition) is 3. The summed E-state index contributed by atoms with van der Waals surface area (Å²) in [6, 6.07) is -1.55. The number of carboxylic acid groups (broad SMARTS) is 1. The van der Waals surface area contributed by atoms with Gasteiger partial charge in [-0.05, 0) is 0 Å². The maximum Gasteiger partial charge on any atom is 0.326 e. The van der Waals surface area contributed by atoms with Crippen LogP contribution in [0.1, 0.15) is 25.0 Å². The largest absolute Gasteiger partial charge is 0.480 e. The molecule has 1 aromatic heterocycles. The van der Waals surface area contributed by atoms with Crippen LogP contribution in [0.25, 0.3) is 0 Å². The first kappa shape index (κ1) is 14.3. The average molecular weight is 283 g/mol. The summed E-state index contributed by atoms with van der Waals surface area (Å²) in [5.74, 6) is -0.0443. The molecule has 2 rings (SSSR count). The summed E-state index contributed by atoms with van der Waals surface area (Å²) < 4.78 is 5.33. The molecule has 2 atom stereocenters. The lowest BCUT2D eigenvalue weighted by atomic mass is 10.2. The predicted molar refractivity (Wildman–Crippen MR) is 66.9 cm³/mol. The maximum atomic E-state index is 11.9. The number of aryl methyl sites for hydroxylation is 1. The van der Waals surface area contributed by atoms with E-state index in [2.05, 4.69) is 10.3 Å². The van der Waals surface area contributed by atoms with Crippen LogP contribution >= 0.6 is 0 Å². The minimum absolute atomic E-state index is 0.00853. The van der Waals surface area contributed by atoms with E-state index in [1.165, 1.54) is 0 Å². The van der Waals surface area contributed by atoms with Gasteiger partial charge in [-0.1, -0.05) is 6.92 Å². The second-order valence-electron chi connectivity index (χ2n) is 4.63. The summed E-state index contributed by atoms with van der Waals surface area (Å²) in [7, 11) is 0. The van der Waals surface area contributed by atoms with Gasteiger partial charge in [-0.15, -0.1) is 0 Å². The van der Waals surface area contributed by atoms with Crippen molar-refractivity contribution in [3.63, 3.8) is 0 Å². The molecule has 2 unspecified atom stereocenters. The fourth-order valence-corrected chi connectivity index (χ4v) is 2.12. The highest BCUT2D eigenvalue weighted by atomic mass is 16.4. The molecule has 1 fully saturated rings. The van der Waals surface area contributed by atoms with Gasteiger partial charge in [0.25, 0.3) is 0 Å². The van der Waals surface area contributed by atoms with Gasteiger partial charge in [0.2, 0.25) is 5.89 Å². The van der Waals surface area contributed by atoms with Crippen molar-refractivity contribution in [3.05, 3.63) is 17.8 Å². The number of hydrogen-bond acceptors (Lipinski definition) is 5. The molecule has 0 radical (unpaired) electrons. The van der Waals surface area contributed by atoms with Gasteiger partial charge < -0.3 is 24.8 Å². The number of oxazole rings is 1. The van der Waals surface area contributed by atoms with Crippen molar-refractivity contribution < 1.29 is 24.2 Å². The minimum atomic E-state index is -1.12. The van der Waals surface area contributed by atoms with E-state index in [0.717, 1.165) is 4.90 Å². The lowest BCUT2D eigenvalue weighted by molar-refractivity contribution is -0.141. The number of carboxylic acids is 1. The Morgan fingerprint density at radius 2 is 2.35 bits per heavy atom. The molecule has 110 valence electrons.